The molecule has 1 rings (SSSR count). The van der Waals surface area contributed by atoms with Crippen molar-refractivity contribution in [2.24, 2.45) is 0 Å². The van der Waals surface area contributed by atoms with Crippen molar-refractivity contribution in [3.63, 3.8) is 0 Å². The van der Waals surface area contributed by atoms with Gasteiger partial charge in [-0.15, -0.1) is 0 Å². The molecule has 1 heterocycles. The van der Waals surface area contributed by atoms with E-state index in [1.54, 1.807) is 0 Å². The van der Waals surface area contributed by atoms with Gasteiger partial charge in [0, 0.05) is 0 Å². The Morgan fingerprint density at radius 1 is 1.64 bits per heavy atom. The van der Waals surface area contributed by atoms with Crippen molar-refractivity contribution in [2.45, 2.75) is 31.8 Å². The average molecular weight is 198 g/mol. The maximum atomic E-state index is 9.80. The third kappa shape index (κ3) is 2.34. The summed E-state index contributed by atoms with van der Waals surface area (Å²) >= 11 is 0. The normalized spacial score (nSPS) is 33.7. The Labute approximate surface area is 70.3 Å². The average Bonchev–Trinajstić information content (AvgIpc) is 1.86. The molecule has 5 heteroatoms. The molecule has 0 aliphatic carbocycles. The van der Waals surface area contributed by atoms with E-state index in [0.717, 1.165) is 6.42 Å². The Balaban J connectivity index is 2.55. The third-order valence-corrected chi connectivity index (χ3v) is 5.22. The molecule has 0 radical (unpaired) electrons. The second kappa shape index (κ2) is 3.64. The molecule has 1 fully saturated rings. The predicted octanol–water partition coefficient (Wildman–Crippen LogP) is 1.52. The van der Waals surface area contributed by atoms with Crippen molar-refractivity contribution in [2.75, 3.05) is 6.61 Å². The van der Waals surface area contributed by atoms with Gasteiger partial charge in [0.25, 0.3) is 0 Å². The van der Waals surface area contributed by atoms with Crippen LogP contribution in [0.25, 0.3) is 0 Å². The minimum atomic E-state index is -2.80. The Kier molecular flexibility index (Phi) is 3.25. The van der Waals surface area contributed by atoms with Gasteiger partial charge in [0.1, 0.15) is 0 Å². The van der Waals surface area contributed by atoms with Crippen LogP contribution in [0.15, 0.2) is 0 Å². The number of rotatable bonds is 1. The molecule has 1 N–H and O–H groups in total. The number of hydrogen-bond acceptors (Lipinski definition) is 3. The van der Waals surface area contributed by atoms with E-state index in [0.29, 0.717) is 6.61 Å². The fourth-order valence-corrected chi connectivity index (χ4v) is 3.29. The zero-order valence-electron chi connectivity index (χ0n) is 6.91. The molecule has 0 saturated carbocycles. The molecular formula is C6H16O3P2. The van der Waals surface area contributed by atoms with Crippen LogP contribution in [-0.2, 0) is 9.05 Å². The van der Waals surface area contributed by atoms with Crippen molar-refractivity contribution < 1.29 is 13.9 Å². The van der Waals surface area contributed by atoms with Crippen molar-refractivity contribution in [3.8, 4) is 0 Å². The first-order chi connectivity index (χ1) is 5.04. The van der Waals surface area contributed by atoms with Crippen molar-refractivity contribution in [1.82, 2.24) is 0 Å². The zero-order valence-corrected chi connectivity index (χ0v) is 9.06. The Hall–Kier alpha value is 0.740. The Morgan fingerprint density at radius 3 is 2.64 bits per heavy atom. The van der Waals surface area contributed by atoms with E-state index in [2.05, 4.69) is 9.24 Å². The molecule has 68 valence electrons. The monoisotopic (exact) mass is 198 g/mol. The Bertz CT molecular complexity index is 142. The van der Waals surface area contributed by atoms with Gasteiger partial charge >= 0.3 is 69.5 Å². The molecule has 1 saturated heterocycles. The van der Waals surface area contributed by atoms with E-state index in [-0.39, 0.29) is 11.5 Å². The summed E-state index contributed by atoms with van der Waals surface area (Å²) in [4.78, 5) is 9.80. The zero-order chi connectivity index (χ0) is 8.48. The van der Waals surface area contributed by atoms with Crippen LogP contribution in [0, 0.1) is 0 Å². The molecular weight excluding hydrogens is 182 g/mol. The van der Waals surface area contributed by atoms with Crippen LogP contribution in [0.1, 0.15) is 20.3 Å². The molecule has 2 atom stereocenters. The van der Waals surface area contributed by atoms with Gasteiger partial charge < -0.3 is 0 Å². The van der Waals surface area contributed by atoms with Crippen LogP contribution in [0.5, 0.6) is 0 Å². The van der Waals surface area contributed by atoms with Gasteiger partial charge in [-0.05, 0) is 0 Å². The van der Waals surface area contributed by atoms with Crippen LogP contribution in [0.4, 0.5) is 0 Å². The summed E-state index contributed by atoms with van der Waals surface area (Å²) in [5.41, 5.74) is 0.103. The first-order valence-electron chi connectivity index (χ1n) is 3.84. The molecule has 3 nitrogen and oxygen atoms in total. The van der Waals surface area contributed by atoms with Crippen molar-refractivity contribution in [3.05, 3.63) is 0 Å². The summed E-state index contributed by atoms with van der Waals surface area (Å²) in [6.45, 7) is 4.47. The van der Waals surface area contributed by atoms with E-state index in [1.165, 1.54) is 0 Å². The summed E-state index contributed by atoms with van der Waals surface area (Å²) in [5, 5.41) is 0. The Morgan fingerprint density at radius 2 is 2.27 bits per heavy atom. The summed E-state index contributed by atoms with van der Waals surface area (Å²) in [6, 6.07) is 0. The first-order valence-corrected chi connectivity index (χ1v) is 6.35. The second-order valence-corrected chi connectivity index (χ2v) is 6.76. The summed E-state index contributed by atoms with van der Waals surface area (Å²) in [7, 11) is -0.232. The van der Waals surface area contributed by atoms with Gasteiger partial charge in [-0.1, -0.05) is 0 Å². The van der Waals surface area contributed by atoms with Gasteiger partial charge in [-0.2, -0.15) is 0 Å². The molecule has 0 aromatic rings. The van der Waals surface area contributed by atoms with E-state index in [1.807, 2.05) is 13.8 Å². The topological polar surface area (TPSA) is 38.7 Å². The molecule has 0 bridgehead atoms. The van der Waals surface area contributed by atoms with E-state index < -0.39 is 7.94 Å². The third-order valence-electron chi connectivity index (χ3n) is 1.76. The van der Waals surface area contributed by atoms with Gasteiger partial charge in [-0.25, -0.2) is 0 Å². The van der Waals surface area contributed by atoms with Crippen LogP contribution in [0.2, 0.25) is 0 Å². The summed E-state index contributed by atoms with van der Waals surface area (Å²) in [5.74, 6) is 0.0721. The van der Waals surface area contributed by atoms with E-state index in [4.69, 9.17) is 9.05 Å². The van der Waals surface area contributed by atoms with Crippen LogP contribution >= 0.6 is 17.2 Å². The second-order valence-electron chi connectivity index (χ2n) is 3.08. The van der Waals surface area contributed by atoms with Crippen LogP contribution < -0.4 is 0 Å². The quantitative estimate of drug-likeness (QED) is 0.649. The maximum absolute atomic E-state index is 9.80. The molecule has 11 heavy (non-hydrogen) atoms. The predicted molar refractivity (Wildman–Crippen MR) is 50.8 cm³/mol. The molecule has 0 aromatic carbocycles. The molecule has 0 spiro atoms. The summed E-state index contributed by atoms with van der Waals surface area (Å²) < 4.78 is 10.6. The van der Waals surface area contributed by atoms with Crippen molar-refractivity contribution >= 4 is 17.2 Å². The molecule has 2 unspecified atom stereocenters. The van der Waals surface area contributed by atoms with Gasteiger partial charge in [-0.3, -0.25) is 0 Å². The molecule has 0 aromatic heterocycles. The van der Waals surface area contributed by atoms with Gasteiger partial charge in [0.05, 0.1) is 0 Å². The first kappa shape index (κ1) is 9.83. The summed E-state index contributed by atoms with van der Waals surface area (Å²) in [6.07, 6.45) is 0.854. The van der Waals surface area contributed by atoms with Crippen molar-refractivity contribution in [1.29, 1.82) is 0 Å². The molecule has 1 aliphatic heterocycles. The molecule has 0 amide bonds. The number of hydrogen-bond donors (Lipinski definition) is 1. The van der Waals surface area contributed by atoms with Crippen LogP contribution in [0.3, 0.4) is 0 Å². The van der Waals surface area contributed by atoms with E-state index in [9.17, 15) is 4.89 Å². The standard InChI is InChI=1S/C6H16O3P2/c1-5(2)11(7)8-4-3-6(10)9-11/h5-7,11H,3-4,10H2,1-2H3. The minimum absolute atomic E-state index is 0.0721. The fourth-order valence-electron chi connectivity index (χ4n) is 0.934. The van der Waals surface area contributed by atoms with Crippen LogP contribution in [-0.4, -0.2) is 23.0 Å². The SMILES string of the molecule is CC(C)[PH]1(O)OCCC(P)O1. The molecule has 1 aliphatic rings. The van der Waals surface area contributed by atoms with Gasteiger partial charge in [0.15, 0.2) is 0 Å². The van der Waals surface area contributed by atoms with Gasteiger partial charge in [0.2, 0.25) is 0 Å². The fraction of sp³-hybridized carbons (Fsp3) is 1.00. The van der Waals surface area contributed by atoms with E-state index >= 15 is 0 Å².